The Kier molecular flexibility index (Phi) is 5.82. The average molecular weight is 336 g/mol. The van der Waals surface area contributed by atoms with Crippen LogP contribution in [0.25, 0.3) is 21.7 Å². The van der Waals surface area contributed by atoms with Crippen molar-refractivity contribution < 1.29 is 0 Å². The number of nitrogens with one attached hydrogen (secondary N) is 1. The fourth-order valence-electron chi connectivity index (χ4n) is 3.32. The molecule has 3 N–H and O–H groups in total. The van der Waals surface area contributed by atoms with E-state index in [9.17, 15) is 0 Å². The molecule has 4 heteroatoms. The molecule has 1 unspecified atom stereocenters. The zero-order valence-corrected chi connectivity index (χ0v) is 15.3. The monoisotopic (exact) mass is 336 g/mol. The highest BCUT2D eigenvalue weighted by atomic mass is 15.0. The van der Waals surface area contributed by atoms with E-state index in [1.807, 2.05) is 12.4 Å². The van der Waals surface area contributed by atoms with Crippen LogP contribution in [-0.4, -0.2) is 22.6 Å². The van der Waals surface area contributed by atoms with E-state index in [-0.39, 0.29) is 0 Å². The summed E-state index contributed by atoms with van der Waals surface area (Å²) < 4.78 is 0. The third-order valence-corrected chi connectivity index (χ3v) is 4.73. The standard InChI is InChI=1S/C21H28N4/c1-15-8-9-17-19-14-23-12-10-18(19)21(25-20(17)13-15)24-16(2)7-5-3-4-6-11-22/h8-10,12-14,16H,3-7,11,22H2,1-2H3,(H,24,25). The van der Waals surface area contributed by atoms with Crippen molar-refractivity contribution in [2.75, 3.05) is 11.9 Å². The summed E-state index contributed by atoms with van der Waals surface area (Å²) in [6.07, 6.45) is 9.75. The van der Waals surface area contributed by atoms with Gasteiger partial charge in [0.25, 0.3) is 0 Å². The lowest BCUT2D eigenvalue weighted by Crippen LogP contribution is -2.16. The zero-order valence-electron chi connectivity index (χ0n) is 15.3. The quantitative estimate of drug-likeness (QED) is 0.458. The van der Waals surface area contributed by atoms with Crippen LogP contribution in [0.5, 0.6) is 0 Å². The number of benzene rings is 1. The van der Waals surface area contributed by atoms with Crippen molar-refractivity contribution in [3.63, 3.8) is 0 Å². The highest BCUT2D eigenvalue weighted by molar-refractivity contribution is 6.09. The molecular formula is C21H28N4. The highest BCUT2D eigenvalue weighted by Crippen LogP contribution is 2.29. The van der Waals surface area contributed by atoms with E-state index >= 15 is 0 Å². The molecule has 2 aromatic heterocycles. The minimum absolute atomic E-state index is 0.393. The second kappa shape index (κ2) is 8.26. The van der Waals surface area contributed by atoms with Gasteiger partial charge in [-0.05, 0) is 50.9 Å². The fraction of sp³-hybridized carbons (Fsp3) is 0.429. The van der Waals surface area contributed by atoms with Crippen molar-refractivity contribution in [2.45, 2.75) is 52.0 Å². The van der Waals surface area contributed by atoms with E-state index in [1.54, 1.807) is 0 Å². The van der Waals surface area contributed by atoms with E-state index in [2.05, 4.69) is 48.4 Å². The highest BCUT2D eigenvalue weighted by Gasteiger charge is 2.11. The van der Waals surface area contributed by atoms with Gasteiger partial charge in [-0.2, -0.15) is 0 Å². The van der Waals surface area contributed by atoms with Crippen molar-refractivity contribution in [1.82, 2.24) is 9.97 Å². The van der Waals surface area contributed by atoms with Crippen LogP contribution in [0.1, 0.15) is 44.6 Å². The van der Waals surface area contributed by atoms with Crippen LogP contribution in [0, 0.1) is 6.92 Å². The number of rotatable bonds is 8. The summed E-state index contributed by atoms with van der Waals surface area (Å²) in [6.45, 7) is 5.14. The predicted octanol–water partition coefficient (Wildman–Crippen LogP) is 4.80. The molecule has 3 aromatic rings. The first-order chi connectivity index (χ1) is 12.2. The van der Waals surface area contributed by atoms with Crippen LogP contribution in [0.3, 0.4) is 0 Å². The second-order valence-electron chi connectivity index (χ2n) is 6.94. The van der Waals surface area contributed by atoms with Gasteiger partial charge in [-0.25, -0.2) is 4.98 Å². The van der Waals surface area contributed by atoms with Gasteiger partial charge in [0.15, 0.2) is 0 Å². The molecule has 25 heavy (non-hydrogen) atoms. The molecule has 1 aromatic carbocycles. The Morgan fingerprint density at radius 3 is 2.72 bits per heavy atom. The van der Waals surface area contributed by atoms with Gasteiger partial charge >= 0.3 is 0 Å². The normalized spacial score (nSPS) is 12.6. The van der Waals surface area contributed by atoms with E-state index in [1.165, 1.54) is 24.8 Å². The number of nitrogens with two attached hydrogens (primary N) is 1. The summed E-state index contributed by atoms with van der Waals surface area (Å²) in [6, 6.07) is 8.87. The van der Waals surface area contributed by atoms with Gasteiger partial charge in [0.05, 0.1) is 5.52 Å². The summed E-state index contributed by atoms with van der Waals surface area (Å²) in [5, 5.41) is 7.08. The molecule has 0 bridgehead atoms. The van der Waals surface area contributed by atoms with Gasteiger partial charge in [-0.3, -0.25) is 4.98 Å². The third kappa shape index (κ3) is 4.26. The summed E-state index contributed by atoms with van der Waals surface area (Å²) >= 11 is 0. The number of pyridine rings is 2. The lowest BCUT2D eigenvalue weighted by Gasteiger charge is -2.17. The minimum Gasteiger partial charge on any atom is -0.367 e. The molecule has 0 aliphatic heterocycles. The fourth-order valence-corrected chi connectivity index (χ4v) is 3.32. The lowest BCUT2D eigenvalue weighted by molar-refractivity contribution is 0.585. The molecule has 1 atom stereocenters. The SMILES string of the molecule is Cc1ccc2c(c1)nc(NC(C)CCCCCCN)c1ccncc12. The summed E-state index contributed by atoms with van der Waals surface area (Å²) in [4.78, 5) is 9.22. The number of fused-ring (bicyclic) bond motifs is 3. The second-order valence-corrected chi connectivity index (χ2v) is 6.94. The van der Waals surface area contributed by atoms with Gasteiger partial charge in [-0.1, -0.05) is 31.4 Å². The van der Waals surface area contributed by atoms with Gasteiger partial charge in [0.2, 0.25) is 0 Å². The van der Waals surface area contributed by atoms with Crippen LogP contribution in [-0.2, 0) is 0 Å². The first-order valence-electron chi connectivity index (χ1n) is 9.29. The van der Waals surface area contributed by atoms with Gasteiger partial charge in [0, 0.05) is 34.6 Å². The topological polar surface area (TPSA) is 63.8 Å². The molecule has 0 saturated carbocycles. The number of nitrogens with zero attached hydrogens (tertiary/aromatic N) is 2. The molecule has 132 valence electrons. The molecule has 3 rings (SSSR count). The number of unbranched alkanes of at least 4 members (excludes halogenated alkanes) is 3. The predicted molar refractivity (Wildman–Crippen MR) is 107 cm³/mol. The first-order valence-corrected chi connectivity index (χ1v) is 9.29. The molecule has 2 heterocycles. The van der Waals surface area contributed by atoms with Crippen LogP contribution < -0.4 is 11.1 Å². The van der Waals surface area contributed by atoms with Crippen LogP contribution in [0.2, 0.25) is 0 Å². The lowest BCUT2D eigenvalue weighted by atomic mass is 10.1. The summed E-state index contributed by atoms with van der Waals surface area (Å²) in [5.74, 6) is 0.963. The third-order valence-electron chi connectivity index (χ3n) is 4.73. The van der Waals surface area contributed by atoms with Crippen molar-refractivity contribution in [3.8, 4) is 0 Å². The van der Waals surface area contributed by atoms with Gasteiger partial charge in [-0.15, -0.1) is 0 Å². The molecular weight excluding hydrogens is 308 g/mol. The van der Waals surface area contributed by atoms with Crippen molar-refractivity contribution in [3.05, 3.63) is 42.2 Å². The molecule has 4 nitrogen and oxygen atoms in total. The Bertz CT molecular complexity index is 844. The maximum Gasteiger partial charge on any atom is 0.134 e. The average Bonchev–Trinajstić information content (AvgIpc) is 2.61. The Morgan fingerprint density at radius 2 is 1.88 bits per heavy atom. The van der Waals surface area contributed by atoms with Crippen molar-refractivity contribution in [2.24, 2.45) is 5.73 Å². The number of hydrogen-bond donors (Lipinski definition) is 2. The Labute approximate surface area is 149 Å². The van der Waals surface area contributed by atoms with Crippen LogP contribution in [0.15, 0.2) is 36.7 Å². The van der Waals surface area contributed by atoms with Gasteiger partial charge in [0.1, 0.15) is 5.82 Å². The molecule has 0 aliphatic carbocycles. The number of anilines is 1. The maximum atomic E-state index is 5.56. The van der Waals surface area contributed by atoms with E-state index in [0.29, 0.717) is 6.04 Å². The Balaban J connectivity index is 1.82. The number of hydrogen-bond acceptors (Lipinski definition) is 4. The zero-order chi connectivity index (χ0) is 17.6. The summed E-state index contributed by atoms with van der Waals surface area (Å²) in [5.41, 5.74) is 7.81. The Morgan fingerprint density at radius 1 is 1.04 bits per heavy atom. The molecule has 0 radical (unpaired) electrons. The van der Waals surface area contributed by atoms with Crippen LogP contribution >= 0.6 is 0 Å². The van der Waals surface area contributed by atoms with Gasteiger partial charge < -0.3 is 11.1 Å². The summed E-state index contributed by atoms with van der Waals surface area (Å²) in [7, 11) is 0. The van der Waals surface area contributed by atoms with Crippen molar-refractivity contribution in [1.29, 1.82) is 0 Å². The maximum absolute atomic E-state index is 5.56. The molecule has 0 aliphatic rings. The van der Waals surface area contributed by atoms with E-state index in [0.717, 1.165) is 46.9 Å². The minimum atomic E-state index is 0.393. The van der Waals surface area contributed by atoms with Crippen molar-refractivity contribution >= 4 is 27.5 Å². The first kappa shape index (κ1) is 17.6. The van der Waals surface area contributed by atoms with E-state index < -0.39 is 0 Å². The largest absolute Gasteiger partial charge is 0.367 e. The Hall–Kier alpha value is -2.20. The van der Waals surface area contributed by atoms with Crippen LogP contribution in [0.4, 0.5) is 5.82 Å². The molecule has 0 amide bonds. The molecule has 0 fully saturated rings. The number of aromatic nitrogens is 2. The number of aryl methyl sites for hydroxylation is 1. The molecule has 0 spiro atoms. The smallest absolute Gasteiger partial charge is 0.134 e. The van der Waals surface area contributed by atoms with E-state index in [4.69, 9.17) is 10.7 Å². The molecule has 0 saturated heterocycles.